The average molecular weight is 234 g/mol. The van der Waals surface area contributed by atoms with Crippen LogP contribution >= 0.6 is 0 Å². The first-order valence-corrected chi connectivity index (χ1v) is 6.49. The van der Waals surface area contributed by atoms with E-state index in [1.807, 2.05) is 0 Å². The summed E-state index contributed by atoms with van der Waals surface area (Å²) in [6.45, 7) is 6.44. The van der Waals surface area contributed by atoms with E-state index in [4.69, 9.17) is 5.73 Å². The van der Waals surface area contributed by atoms with Crippen LogP contribution in [-0.2, 0) is 6.42 Å². The highest BCUT2D eigenvalue weighted by atomic mass is 15.1. The summed E-state index contributed by atoms with van der Waals surface area (Å²) in [5, 5.41) is 0. The summed E-state index contributed by atoms with van der Waals surface area (Å²) in [5.74, 6) is 0. The molecule has 2 heteroatoms. The number of benzene rings is 1. The third-order valence-corrected chi connectivity index (χ3v) is 2.99. The highest BCUT2D eigenvalue weighted by Gasteiger charge is 2.10. The van der Waals surface area contributed by atoms with Crippen LogP contribution in [0.15, 0.2) is 30.3 Å². The lowest BCUT2D eigenvalue weighted by molar-refractivity contribution is 0.313. The molecule has 1 rings (SSSR count). The number of nitrogens with zero attached hydrogens (tertiary/aromatic N) is 1. The summed E-state index contributed by atoms with van der Waals surface area (Å²) in [4.78, 5) is 2.39. The Bertz CT molecular complexity index is 300. The topological polar surface area (TPSA) is 29.3 Å². The standard InChI is InChI=1S/C15H26N2/c1-15(2,16)11-7-12-17(3)13-10-14-8-5-4-6-9-14/h4-6,8-9H,7,10-13,16H2,1-3H3. The maximum absolute atomic E-state index is 5.97. The molecule has 0 fully saturated rings. The van der Waals surface area contributed by atoms with Gasteiger partial charge in [-0.05, 0) is 52.3 Å². The molecule has 0 radical (unpaired) electrons. The highest BCUT2D eigenvalue weighted by Crippen LogP contribution is 2.08. The van der Waals surface area contributed by atoms with Crippen LogP contribution in [0.1, 0.15) is 32.3 Å². The van der Waals surface area contributed by atoms with Crippen molar-refractivity contribution in [1.82, 2.24) is 4.90 Å². The van der Waals surface area contributed by atoms with Crippen molar-refractivity contribution in [2.24, 2.45) is 5.73 Å². The molecule has 0 aliphatic heterocycles. The molecule has 0 aliphatic rings. The molecule has 2 N–H and O–H groups in total. The number of nitrogens with two attached hydrogens (primary N) is 1. The zero-order valence-electron chi connectivity index (χ0n) is 11.4. The summed E-state index contributed by atoms with van der Waals surface area (Å²) in [7, 11) is 2.19. The van der Waals surface area contributed by atoms with Gasteiger partial charge < -0.3 is 10.6 Å². The highest BCUT2D eigenvalue weighted by molar-refractivity contribution is 5.14. The maximum atomic E-state index is 5.97. The summed E-state index contributed by atoms with van der Waals surface area (Å²) in [6.07, 6.45) is 3.39. The molecule has 0 spiro atoms. The third kappa shape index (κ3) is 7.14. The van der Waals surface area contributed by atoms with Crippen molar-refractivity contribution in [3.63, 3.8) is 0 Å². The van der Waals surface area contributed by atoms with Crippen LogP contribution in [-0.4, -0.2) is 30.6 Å². The molecule has 0 aromatic heterocycles. The molecule has 1 aromatic carbocycles. The fourth-order valence-corrected chi connectivity index (χ4v) is 1.88. The normalized spacial score (nSPS) is 12.1. The van der Waals surface area contributed by atoms with Gasteiger partial charge in [-0.3, -0.25) is 0 Å². The van der Waals surface area contributed by atoms with Gasteiger partial charge >= 0.3 is 0 Å². The van der Waals surface area contributed by atoms with Gasteiger partial charge in [-0.15, -0.1) is 0 Å². The van der Waals surface area contributed by atoms with Crippen LogP contribution in [0, 0.1) is 0 Å². The lowest BCUT2D eigenvalue weighted by Gasteiger charge is -2.21. The Hall–Kier alpha value is -0.860. The molecule has 0 aliphatic carbocycles. The van der Waals surface area contributed by atoms with E-state index < -0.39 is 0 Å². The Morgan fingerprint density at radius 1 is 1.12 bits per heavy atom. The predicted octanol–water partition coefficient (Wildman–Crippen LogP) is 2.68. The van der Waals surface area contributed by atoms with E-state index >= 15 is 0 Å². The molecule has 0 heterocycles. The number of hydrogen-bond acceptors (Lipinski definition) is 2. The van der Waals surface area contributed by atoms with E-state index in [0.29, 0.717) is 0 Å². The van der Waals surface area contributed by atoms with Crippen molar-refractivity contribution in [1.29, 1.82) is 0 Å². The summed E-state index contributed by atoms with van der Waals surface area (Å²) in [6, 6.07) is 10.7. The van der Waals surface area contributed by atoms with Gasteiger partial charge in [-0.25, -0.2) is 0 Å². The molecule has 1 aromatic rings. The minimum Gasteiger partial charge on any atom is -0.326 e. The zero-order valence-corrected chi connectivity index (χ0v) is 11.4. The zero-order chi connectivity index (χ0) is 12.7. The molecule has 0 atom stereocenters. The molecule has 2 nitrogen and oxygen atoms in total. The van der Waals surface area contributed by atoms with Crippen LogP contribution < -0.4 is 5.73 Å². The minimum atomic E-state index is -0.0275. The fourth-order valence-electron chi connectivity index (χ4n) is 1.88. The van der Waals surface area contributed by atoms with E-state index in [0.717, 1.165) is 25.9 Å². The Morgan fingerprint density at radius 3 is 2.35 bits per heavy atom. The molecule has 17 heavy (non-hydrogen) atoms. The van der Waals surface area contributed by atoms with Gasteiger partial charge in [-0.1, -0.05) is 30.3 Å². The van der Waals surface area contributed by atoms with Gasteiger partial charge in [0.1, 0.15) is 0 Å². The van der Waals surface area contributed by atoms with E-state index in [2.05, 4.69) is 56.1 Å². The average Bonchev–Trinajstić information content (AvgIpc) is 2.26. The maximum Gasteiger partial charge on any atom is 0.00975 e. The lowest BCUT2D eigenvalue weighted by atomic mass is 10.00. The lowest BCUT2D eigenvalue weighted by Crippen LogP contribution is -2.33. The van der Waals surface area contributed by atoms with Gasteiger partial charge in [0.15, 0.2) is 0 Å². The van der Waals surface area contributed by atoms with E-state index in [9.17, 15) is 0 Å². The van der Waals surface area contributed by atoms with Crippen LogP contribution in [0.25, 0.3) is 0 Å². The largest absolute Gasteiger partial charge is 0.326 e. The quantitative estimate of drug-likeness (QED) is 0.786. The van der Waals surface area contributed by atoms with Crippen molar-refractivity contribution in [2.75, 3.05) is 20.1 Å². The van der Waals surface area contributed by atoms with Gasteiger partial charge in [0, 0.05) is 12.1 Å². The fraction of sp³-hybridized carbons (Fsp3) is 0.600. The van der Waals surface area contributed by atoms with Crippen molar-refractivity contribution >= 4 is 0 Å². The molecular weight excluding hydrogens is 208 g/mol. The molecule has 0 amide bonds. The molecule has 0 bridgehead atoms. The van der Waals surface area contributed by atoms with E-state index in [1.54, 1.807) is 0 Å². The number of likely N-dealkylation sites (N-methyl/N-ethyl adjacent to an activating group) is 1. The van der Waals surface area contributed by atoms with E-state index in [-0.39, 0.29) is 5.54 Å². The third-order valence-electron chi connectivity index (χ3n) is 2.99. The van der Waals surface area contributed by atoms with Crippen LogP contribution in [0.4, 0.5) is 0 Å². The van der Waals surface area contributed by atoms with Crippen molar-refractivity contribution in [3.8, 4) is 0 Å². The molecular formula is C15H26N2. The van der Waals surface area contributed by atoms with Crippen LogP contribution in [0.3, 0.4) is 0 Å². The Labute approximate surface area is 106 Å². The number of hydrogen-bond donors (Lipinski definition) is 1. The van der Waals surface area contributed by atoms with Crippen molar-refractivity contribution in [2.45, 2.75) is 38.6 Å². The molecule has 96 valence electrons. The van der Waals surface area contributed by atoms with E-state index in [1.165, 1.54) is 12.0 Å². The molecule has 0 saturated heterocycles. The molecule has 0 saturated carbocycles. The first kappa shape index (κ1) is 14.2. The first-order valence-electron chi connectivity index (χ1n) is 6.49. The van der Waals surface area contributed by atoms with Gasteiger partial charge in [-0.2, -0.15) is 0 Å². The smallest absolute Gasteiger partial charge is 0.00975 e. The van der Waals surface area contributed by atoms with Crippen LogP contribution in [0.2, 0.25) is 0 Å². The summed E-state index contributed by atoms with van der Waals surface area (Å²) < 4.78 is 0. The second-order valence-electron chi connectivity index (χ2n) is 5.63. The second kappa shape index (κ2) is 6.77. The predicted molar refractivity (Wildman–Crippen MR) is 75.1 cm³/mol. The minimum absolute atomic E-state index is 0.0275. The van der Waals surface area contributed by atoms with Gasteiger partial charge in [0.05, 0.1) is 0 Å². The van der Waals surface area contributed by atoms with Gasteiger partial charge in [0.25, 0.3) is 0 Å². The SMILES string of the molecule is CN(CCCC(C)(C)N)CCc1ccccc1. The Kier molecular flexibility index (Phi) is 5.66. The van der Waals surface area contributed by atoms with Gasteiger partial charge in [0.2, 0.25) is 0 Å². The summed E-state index contributed by atoms with van der Waals surface area (Å²) in [5.41, 5.74) is 7.36. The van der Waals surface area contributed by atoms with Crippen LogP contribution in [0.5, 0.6) is 0 Å². The first-order chi connectivity index (χ1) is 7.97. The van der Waals surface area contributed by atoms with Crippen molar-refractivity contribution in [3.05, 3.63) is 35.9 Å². The second-order valence-corrected chi connectivity index (χ2v) is 5.63. The summed E-state index contributed by atoms with van der Waals surface area (Å²) >= 11 is 0. The molecule has 0 unspecified atom stereocenters. The number of rotatable bonds is 7. The monoisotopic (exact) mass is 234 g/mol. The van der Waals surface area contributed by atoms with Crippen molar-refractivity contribution < 1.29 is 0 Å². The Morgan fingerprint density at radius 2 is 1.76 bits per heavy atom. The Balaban J connectivity index is 2.15.